The van der Waals surface area contributed by atoms with Crippen LogP contribution in [0.5, 0.6) is 0 Å². The molecule has 0 bridgehead atoms. The Morgan fingerprint density at radius 2 is 1.88 bits per heavy atom. The number of ketones is 1. The highest BCUT2D eigenvalue weighted by molar-refractivity contribution is 7.99. The fraction of sp³-hybridized carbons (Fsp3) is 0.667. The number of nitrogens with zero attached hydrogens (tertiary/aromatic N) is 1. The van der Waals surface area contributed by atoms with Crippen LogP contribution in [-0.2, 0) is 4.74 Å². The molecule has 25 heavy (non-hydrogen) atoms. The van der Waals surface area contributed by atoms with Gasteiger partial charge in [0.05, 0.1) is 18.8 Å². The van der Waals surface area contributed by atoms with Gasteiger partial charge in [-0.25, -0.2) is 0 Å². The summed E-state index contributed by atoms with van der Waals surface area (Å²) < 4.78 is 5.41. The van der Waals surface area contributed by atoms with Gasteiger partial charge in [0, 0.05) is 29.3 Å². The molecule has 1 aromatic carbocycles. The van der Waals surface area contributed by atoms with Crippen molar-refractivity contribution in [1.82, 2.24) is 4.90 Å². The monoisotopic (exact) mass is 363 g/mol. The average Bonchev–Trinajstić information content (AvgIpc) is 2.65. The molecule has 0 N–H and O–H groups in total. The molecule has 1 saturated heterocycles. The van der Waals surface area contributed by atoms with Gasteiger partial charge in [-0.3, -0.25) is 9.69 Å². The molecule has 0 spiro atoms. The largest absolute Gasteiger partial charge is 0.379 e. The van der Waals surface area contributed by atoms with Gasteiger partial charge in [-0.15, -0.1) is 11.8 Å². The minimum absolute atomic E-state index is 0.197. The van der Waals surface area contributed by atoms with E-state index < -0.39 is 5.54 Å². The van der Waals surface area contributed by atoms with Crippen molar-refractivity contribution < 1.29 is 9.53 Å². The fourth-order valence-electron chi connectivity index (χ4n) is 3.20. The maximum atomic E-state index is 13.0. The Bertz CT molecular complexity index is 535. The van der Waals surface area contributed by atoms with Crippen molar-refractivity contribution in [3.8, 4) is 0 Å². The number of thioether (sulfide) groups is 1. The molecule has 1 aliphatic rings. The number of carbonyl (C=O) groups excluding carboxylic acids is 1. The van der Waals surface area contributed by atoms with Crippen molar-refractivity contribution in [2.45, 2.75) is 57.4 Å². The number of ether oxygens (including phenoxy) is 1. The van der Waals surface area contributed by atoms with Crippen LogP contribution in [0.1, 0.15) is 57.3 Å². The Hall–Kier alpha value is -0.840. The van der Waals surface area contributed by atoms with E-state index in [2.05, 4.69) is 30.9 Å². The number of hydrogen-bond acceptors (Lipinski definition) is 4. The maximum absolute atomic E-state index is 13.0. The van der Waals surface area contributed by atoms with Gasteiger partial charge in [-0.05, 0) is 38.3 Å². The van der Waals surface area contributed by atoms with Gasteiger partial charge < -0.3 is 4.74 Å². The smallest absolute Gasteiger partial charge is 0.182 e. The summed E-state index contributed by atoms with van der Waals surface area (Å²) in [6, 6.07) is 8.17. The summed E-state index contributed by atoms with van der Waals surface area (Å²) >= 11 is 1.90. The van der Waals surface area contributed by atoms with Gasteiger partial charge in [0.2, 0.25) is 0 Å². The molecule has 0 saturated carbocycles. The van der Waals surface area contributed by atoms with Crippen LogP contribution in [0.15, 0.2) is 29.2 Å². The number of hydrogen-bond donors (Lipinski definition) is 0. The molecular formula is C21H33NO2S. The number of unbranched alkanes of at least 4 members (excludes halogenated alkanes) is 1. The van der Waals surface area contributed by atoms with Crippen molar-refractivity contribution in [3.63, 3.8) is 0 Å². The van der Waals surface area contributed by atoms with E-state index >= 15 is 0 Å². The summed E-state index contributed by atoms with van der Waals surface area (Å²) in [4.78, 5) is 16.5. The summed E-state index contributed by atoms with van der Waals surface area (Å²) in [6.45, 7) is 11.7. The van der Waals surface area contributed by atoms with Gasteiger partial charge in [0.15, 0.2) is 5.78 Å². The zero-order valence-electron chi connectivity index (χ0n) is 16.2. The number of carbonyl (C=O) groups is 1. The highest BCUT2D eigenvalue weighted by atomic mass is 32.2. The molecule has 1 aromatic rings. The Labute approximate surface area is 157 Å². The van der Waals surface area contributed by atoms with Crippen LogP contribution >= 0.6 is 11.8 Å². The third-order valence-corrected chi connectivity index (χ3v) is 6.40. The van der Waals surface area contributed by atoms with E-state index in [4.69, 9.17) is 4.74 Å². The lowest BCUT2D eigenvalue weighted by Gasteiger charge is -2.39. The summed E-state index contributed by atoms with van der Waals surface area (Å²) in [7, 11) is 0. The zero-order valence-corrected chi connectivity index (χ0v) is 17.0. The normalized spacial score (nSPS) is 17.4. The lowest BCUT2D eigenvalue weighted by molar-refractivity contribution is -0.00430. The summed E-state index contributed by atoms with van der Waals surface area (Å²) in [5.41, 5.74) is 0.326. The van der Waals surface area contributed by atoms with E-state index in [0.717, 1.165) is 30.3 Å². The minimum atomic E-state index is -0.479. The topological polar surface area (TPSA) is 29.5 Å². The quantitative estimate of drug-likeness (QED) is 0.461. The zero-order chi connectivity index (χ0) is 18.3. The molecule has 0 aromatic heterocycles. The van der Waals surface area contributed by atoms with Crippen LogP contribution in [0.2, 0.25) is 0 Å². The van der Waals surface area contributed by atoms with E-state index in [-0.39, 0.29) is 5.78 Å². The molecule has 1 heterocycles. The van der Waals surface area contributed by atoms with Crippen LogP contribution in [0, 0.1) is 5.92 Å². The van der Waals surface area contributed by atoms with Gasteiger partial charge in [0.25, 0.3) is 0 Å². The standard InChI is InChI=1S/C21H33NO2S/c1-5-6-7-17(2)16-25-19-10-8-18(9-11-19)20(23)21(3,4)22-12-14-24-15-13-22/h8-11,17H,5-7,12-16H2,1-4H3. The van der Waals surface area contributed by atoms with Crippen LogP contribution in [0.4, 0.5) is 0 Å². The molecule has 4 heteroatoms. The Morgan fingerprint density at radius 1 is 1.24 bits per heavy atom. The predicted octanol–water partition coefficient (Wildman–Crippen LogP) is 4.90. The lowest BCUT2D eigenvalue weighted by Crippen LogP contribution is -2.54. The van der Waals surface area contributed by atoms with E-state index in [1.54, 1.807) is 0 Å². The van der Waals surface area contributed by atoms with E-state index in [1.165, 1.54) is 24.2 Å². The summed E-state index contributed by atoms with van der Waals surface area (Å²) in [5.74, 6) is 2.08. The second-order valence-electron chi connectivity index (χ2n) is 7.57. The highest BCUT2D eigenvalue weighted by Gasteiger charge is 2.35. The molecule has 0 radical (unpaired) electrons. The van der Waals surface area contributed by atoms with Crippen LogP contribution in [0.3, 0.4) is 0 Å². The van der Waals surface area contributed by atoms with Crippen molar-refractivity contribution in [1.29, 1.82) is 0 Å². The summed E-state index contributed by atoms with van der Waals surface area (Å²) in [6.07, 6.45) is 3.88. The lowest BCUT2D eigenvalue weighted by atomic mass is 9.91. The molecule has 1 fully saturated rings. The molecule has 1 aliphatic heterocycles. The minimum Gasteiger partial charge on any atom is -0.379 e. The SMILES string of the molecule is CCCCC(C)CSc1ccc(C(=O)C(C)(C)N2CCOCC2)cc1. The van der Waals surface area contributed by atoms with Crippen molar-refractivity contribution in [2.24, 2.45) is 5.92 Å². The molecule has 140 valence electrons. The Kier molecular flexibility index (Phi) is 7.98. The number of benzene rings is 1. The molecule has 0 aliphatic carbocycles. The van der Waals surface area contributed by atoms with Crippen LogP contribution in [0.25, 0.3) is 0 Å². The van der Waals surface area contributed by atoms with E-state index in [0.29, 0.717) is 13.2 Å². The molecule has 2 rings (SSSR count). The molecule has 1 unspecified atom stereocenters. The third kappa shape index (κ3) is 5.83. The first-order valence-electron chi connectivity index (χ1n) is 9.55. The van der Waals surface area contributed by atoms with Gasteiger partial charge in [-0.2, -0.15) is 0 Å². The van der Waals surface area contributed by atoms with Crippen molar-refractivity contribution in [3.05, 3.63) is 29.8 Å². The van der Waals surface area contributed by atoms with Crippen molar-refractivity contribution >= 4 is 17.5 Å². The van der Waals surface area contributed by atoms with Gasteiger partial charge in [-0.1, -0.05) is 38.8 Å². The molecule has 3 nitrogen and oxygen atoms in total. The summed E-state index contributed by atoms with van der Waals surface area (Å²) in [5, 5.41) is 0. The molecule has 0 amide bonds. The fourth-order valence-corrected chi connectivity index (χ4v) is 4.17. The predicted molar refractivity (Wildman–Crippen MR) is 107 cm³/mol. The molecular weight excluding hydrogens is 330 g/mol. The van der Waals surface area contributed by atoms with Crippen LogP contribution < -0.4 is 0 Å². The number of Topliss-reactive ketones (excluding diaryl/α,β-unsaturated/α-hetero) is 1. The average molecular weight is 364 g/mol. The first-order chi connectivity index (χ1) is 11.9. The first-order valence-corrected chi connectivity index (χ1v) is 10.5. The van der Waals surface area contributed by atoms with E-state index in [1.807, 2.05) is 37.7 Å². The number of morpholine rings is 1. The van der Waals surface area contributed by atoms with E-state index in [9.17, 15) is 4.79 Å². The third-order valence-electron chi connectivity index (χ3n) is 5.06. The van der Waals surface area contributed by atoms with Crippen LogP contribution in [-0.4, -0.2) is 48.3 Å². The first kappa shape index (κ1) is 20.5. The maximum Gasteiger partial charge on any atom is 0.182 e. The number of rotatable bonds is 9. The highest BCUT2D eigenvalue weighted by Crippen LogP contribution is 2.26. The van der Waals surface area contributed by atoms with Gasteiger partial charge >= 0.3 is 0 Å². The van der Waals surface area contributed by atoms with Gasteiger partial charge in [0.1, 0.15) is 0 Å². The van der Waals surface area contributed by atoms with Crippen molar-refractivity contribution in [2.75, 3.05) is 32.1 Å². The molecule has 1 atom stereocenters. The Balaban J connectivity index is 1.93. The second kappa shape index (κ2) is 9.75. The Morgan fingerprint density at radius 3 is 2.48 bits per heavy atom. The second-order valence-corrected chi connectivity index (χ2v) is 8.66.